The maximum absolute atomic E-state index is 11.1. The fourth-order valence-corrected chi connectivity index (χ4v) is 8.00. The Morgan fingerprint density at radius 1 is 0.339 bits per heavy atom. The lowest BCUT2D eigenvalue weighted by molar-refractivity contribution is 0.590. The van der Waals surface area contributed by atoms with E-state index in [0.29, 0.717) is 0 Å². The summed E-state index contributed by atoms with van der Waals surface area (Å²) < 4.78 is 3.84. The van der Waals surface area contributed by atoms with Crippen LogP contribution in [0.2, 0.25) is 0 Å². The molecule has 0 aliphatic rings. The van der Waals surface area contributed by atoms with Crippen LogP contribution in [0.5, 0.6) is 0 Å². The third kappa shape index (κ3) is 5.81. The van der Waals surface area contributed by atoms with Crippen molar-refractivity contribution in [2.75, 3.05) is 0 Å². The molecule has 0 N–H and O–H groups in total. The van der Waals surface area contributed by atoms with Gasteiger partial charge in [-0.05, 0) is 92.4 Å². The Kier molecular flexibility index (Phi) is 8.54. The van der Waals surface area contributed by atoms with Gasteiger partial charge in [0.15, 0.2) is 0 Å². The Balaban J connectivity index is 1.68. The molecule has 0 saturated carbocycles. The van der Waals surface area contributed by atoms with Crippen LogP contribution in [0.25, 0.3) is 55.0 Å². The lowest BCUT2D eigenvalue weighted by atomic mass is 9.85. The molecule has 0 aliphatic carbocycles. The first-order chi connectivity index (χ1) is 26.1. The first-order valence-corrected chi connectivity index (χ1v) is 19.2. The standard InChI is InChI=1S/C50H48N6/c1-47(2,3)29-13-17-41-33(21-29)34-22-30(48(4,5)6)14-18-42(34)55(41)45-37(25-51)39(27-53)46(40(28-54)38(45)26-52)56-43-19-15-31(49(7,8)9)23-35(43)36-24-32(50(10,11)12)16-20-44(36)56/h13-24H,1-12H3. The molecule has 0 aliphatic heterocycles. The molecule has 7 aromatic rings. The van der Waals surface area contributed by atoms with Crippen molar-refractivity contribution in [3.8, 4) is 35.7 Å². The summed E-state index contributed by atoms with van der Waals surface area (Å²) in [4.78, 5) is 0. The second-order valence-electron chi connectivity index (χ2n) is 19.2. The van der Waals surface area contributed by atoms with Crippen molar-refractivity contribution < 1.29 is 0 Å². The van der Waals surface area contributed by atoms with E-state index in [4.69, 9.17) is 0 Å². The van der Waals surface area contributed by atoms with Gasteiger partial charge in [-0.25, -0.2) is 0 Å². The minimum absolute atomic E-state index is 0.0456. The van der Waals surface area contributed by atoms with Crippen LogP contribution in [0.1, 0.15) is 128 Å². The van der Waals surface area contributed by atoms with E-state index in [9.17, 15) is 21.0 Å². The minimum atomic E-state index is -0.132. The molecule has 0 spiro atoms. The monoisotopic (exact) mass is 732 g/mol. The lowest BCUT2D eigenvalue weighted by Crippen LogP contribution is -2.13. The third-order valence-electron chi connectivity index (χ3n) is 11.3. The van der Waals surface area contributed by atoms with Crippen LogP contribution >= 0.6 is 0 Å². The molecule has 5 aromatic carbocycles. The first-order valence-electron chi connectivity index (χ1n) is 19.2. The molecule has 0 bridgehead atoms. The molecule has 0 atom stereocenters. The highest BCUT2D eigenvalue weighted by Crippen LogP contribution is 2.44. The number of aromatic nitrogens is 2. The quantitative estimate of drug-likeness (QED) is 0.176. The van der Waals surface area contributed by atoms with E-state index in [2.05, 4.69) is 156 Å². The van der Waals surface area contributed by atoms with Gasteiger partial charge < -0.3 is 9.13 Å². The number of nitriles is 4. The molecule has 0 amide bonds. The largest absolute Gasteiger partial charge is 0.307 e. The fourth-order valence-electron chi connectivity index (χ4n) is 8.00. The number of benzene rings is 5. The highest BCUT2D eigenvalue weighted by molar-refractivity contribution is 6.12. The zero-order valence-electron chi connectivity index (χ0n) is 34.6. The highest BCUT2D eigenvalue weighted by Gasteiger charge is 2.32. The predicted molar refractivity (Wildman–Crippen MR) is 229 cm³/mol. The first kappa shape index (κ1) is 38.0. The Hall–Kier alpha value is -6.34. The molecule has 2 heterocycles. The van der Waals surface area contributed by atoms with E-state index in [0.717, 1.165) is 65.9 Å². The van der Waals surface area contributed by atoms with Gasteiger partial charge in [-0.1, -0.05) is 107 Å². The molecule has 0 saturated heterocycles. The van der Waals surface area contributed by atoms with Crippen molar-refractivity contribution >= 4 is 43.6 Å². The fraction of sp³-hybridized carbons (Fsp3) is 0.320. The summed E-state index contributed by atoms with van der Waals surface area (Å²) in [5, 5.41) is 48.5. The topological polar surface area (TPSA) is 105 Å². The van der Waals surface area contributed by atoms with Gasteiger partial charge in [0.1, 0.15) is 24.3 Å². The van der Waals surface area contributed by atoms with Crippen LogP contribution in [0, 0.1) is 45.3 Å². The molecule has 0 unspecified atom stereocenters. The second kappa shape index (κ2) is 12.6. The summed E-state index contributed by atoms with van der Waals surface area (Å²) in [6, 6.07) is 34.7. The number of fused-ring (bicyclic) bond motifs is 6. The number of hydrogen-bond acceptors (Lipinski definition) is 4. The number of rotatable bonds is 2. The van der Waals surface area contributed by atoms with Gasteiger partial charge in [-0.3, -0.25) is 0 Å². The van der Waals surface area contributed by atoms with Crippen molar-refractivity contribution in [3.05, 3.63) is 117 Å². The van der Waals surface area contributed by atoms with E-state index in [1.165, 1.54) is 0 Å². The predicted octanol–water partition coefficient (Wildman–Crippen LogP) is 12.6. The molecule has 0 radical (unpaired) electrons. The molecule has 6 heteroatoms. The summed E-state index contributed by atoms with van der Waals surface area (Å²) in [6.07, 6.45) is 0. The van der Waals surface area contributed by atoms with Crippen molar-refractivity contribution in [2.45, 2.75) is 105 Å². The van der Waals surface area contributed by atoms with Crippen molar-refractivity contribution in [1.82, 2.24) is 9.13 Å². The second-order valence-corrected chi connectivity index (χ2v) is 19.2. The summed E-state index contributed by atoms with van der Waals surface area (Å²) in [6.45, 7) is 26.1. The molecule has 6 nitrogen and oxygen atoms in total. The SMILES string of the molecule is CC(C)(C)c1ccc2c(c1)c1cc(C(C)(C)C)ccc1n2-c1c(C#N)c(C#N)c(-n2c3ccc(C(C)(C)C)cc3c3cc(C(C)(C)C)ccc32)c(C#N)c1C#N. The Morgan fingerprint density at radius 3 is 0.696 bits per heavy atom. The Bertz CT molecular complexity index is 2580. The summed E-state index contributed by atoms with van der Waals surface area (Å²) in [7, 11) is 0. The summed E-state index contributed by atoms with van der Waals surface area (Å²) in [5.41, 5.74) is 7.86. The van der Waals surface area contributed by atoms with Gasteiger partial charge in [-0.15, -0.1) is 0 Å². The van der Waals surface area contributed by atoms with E-state index in [-0.39, 0.29) is 55.3 Å². The molecular formula is C50H48N6. The van der Waals surface area contributed by atoms with Crippen LogP contribution in [0.4, 0.5) is 0 Å². The van der Waals surface area contributed by atoms with Crippen molar-refractivity contribution in [2.24, 2.45) is 0 Å². The number of nitrogens with zero attached hydrogens (tertiary/aromatic N) is 6. The lowest BCUT2D eigenvalue weighted by Gasteiger charge is -2.21. The van der Waals surface area contributed by atoms with Crippen LogP contribution in [0.15, 0.2) is 72.8 Å². The highest BCUT2D eigenvalue weighted by atomic mass is 15.0. The van der Waals surface area contributed by atoms with Crippen LogP contribution in [-0.2, 0) is 21.7 Å². The molecule has 278 valence electrons. The zero-order valence-corrected chi connectivity index (χ0v) is 34.6. The van der Waals surface area contributed by atoms with Gasteiger partial charge in [-0.2, -0.15) is 21.0 Å². The normalized spacial score (nSPS) is 12.6. The number of hydrogen-bond donors (Lipinski definition) is 0. The average Bonchev–Trinajstić information content (AvgIpc) is 3.63. The van der Waals surface area contributed by atoms with Gasteiger partial charge in [0, 0.05) is 21.5 Å². The maximum Gasteiger partial charge on any atom is 0.103 e. The maximum atomic E-state index is 11.1. The molecule has 0 fully saturated rings. The van der Waals surface area contributed by atoms with Crippen molar-refractivity contribution in [1.29, 1.82) is 21.0 Å². The van der Waals surface area contributed by atoms with E-state index < -0.39 is 0 Å². The van der Waals surface area contributed by atoms with Gasteiger partial charge in [0.2, 0.25) is 0 Å². The smallest absolute Gasteiger partial charge is 0.103 e. The third-order valence-corrected chi connectivity index (χ3v) is 11.3. The molecule has 7 rings (SSSR count). The summed E-state index contributed by atoms with van der Waals surface area (Å²) in [5.74, 6) is 0. The Morgan fingerprint density at radius 2 is 0.536 bits per heavy atom. The minimum Gasteiger partial charge on any atom is -0.307 e. The van der Waals surface area contributed by atoms with Crippen LogP contribution < -0.4 is 0 Å². The van der Waals surface area contributed by atoms with Crippen LogP contribution in [0.3, 0.4) is 0 Å². The van der Waals surface area contributed by atoms with E-state index in [1.54, 1.807) is 0 Å². The van der Waals surface area contributed by atoms with Gasteiger partial charge in [0.25, 0.3) is 0 Å². The van der Waals surface area contributed by atoms with Gasteiger partial charge in [0.05, 0.1) is 55.7 Å². The Labute approximate surface area is 330 Å². The van der Waals surface area contributed by atoms with Crippen LogP contribution in [-0.4, -0.2) is 9.13 Å². The molecule has 56 heavy (non-hydrogen) atoms. The molecule has 2 aromatic heterocycles. The van der Waals surface area contributed by atoms with E-state index in [1.807, 2.05) is 33.4 Å². The molecular weight excluding hydrogens is 685 g/mol. The average molecular weight is 733 g/mol. The van der Waals surface area contributed by atoms with Gasteiger partial charge >= 0.3 is 0 Å². The van der Waals surface area contributed by atoms with Crippen molar-refractivity contribution in [3.63, 3.8) is 0 Å². The summed E-state index contributed by atoms with van der Waals surface area (Å²) >= 11 is 0. The van der Waals surface area contributed by atoms with E-state index >= 15 is 0 Å². The zero-order chi connectivity index (χ0) is 40.9.